The predicted molar refractivity (Wildman–Crippen MR) is 205 cm³/mol. The maximum Gasteiger partial charge on any atom is 0.135 e. The molecule has 2 aliphatic rings. The van der Waals surface area contributed by atoms with Crippen LogP contribution in [0.1, 0.15) is 29.8 Å². The highest BCUT2D eigenvalue weighted by Crippen LogP contribution is 2.41. The van der Waals surface area contributed by atoms with Crippen molar-refractivity contribution in [1.82, 2.24) is 10.6 Å². The van der Waals surface area contributed by atoms with Crippen LogP contribution in [-0.2, 0) is 0 Å². The average molecular weight is 647 g/mol. The molecule has 4 nitrogen and oxygen atoms in total. The summed E-state index contributed by atoms with van der Waals surface area (Å²) in [5.74, 6) is 0.295. The first-order valence-electron chi connectivity index (χ1n) is 17.3. The van der Waals surface area contributed by atoms with Crippen LogP contribution >= 0.6 is 0 Å². The quantitative estimate of drug-likeness (QED) is 0.195. The molecule has 3 heterocycles. The minimum atomic E-state index is -0.0369. The number of fused-ring (bicyclic) bond motifs is 6. The second kappa shape index (κ2) is 11.8. The molecule has 50 heavy (non-hydrogen) atoms. The molecule has 0 saturated heterocycles. The Morgan fingerprint density at radius 1 is 0.540 bits per heavy atom. The van der Waals surface area contributed by atoms with Crippen LogP contribution in [0.25, 0.3) is 66.1 Å². The maximum absolute atomic E-state index is 6.24. The third kappa shape index (κ3) is 4.96. The summed E-state index contributed by atoms with van der Waals surface area (Å²) in [5, 5.41) is 12.3. The van der Waals surface area contributed by atoms with Gasteiger partial charge in [-0.3, -0.25) is 5.32 Å². The van der Waals surface area contributed by atoms with E-state index in [1.165, 1.54) is 22.4 Å². The summed E-state index contributed by atoms with van der Waals surface area (Å²) in [7, 11) is 0. The van der Waals surface area contributed by atoms with Gasteiger partial charge >= 0.3 is 0 Å². The number of para-hydroxylation sites is 2. The Kier molecular flexibility index (Phi) is 6.81. The molecule has 6 aromatic carbocycles. The monoisotopic (exact) mass is 646 g/mol. The lowest BCUT2D eigenvalue weighted by atomic mass is 9.87. The lowest BCUT2D eigenvalue weighted by Gasteiger charge is -2.36. The Bertz CT molecular complexity index is 2660. The minimum Gasteiger partial charge on any atom is -0.456 e. The van der Waals surface area contributed by atoms with Gasteiger partial charge in [-0.25, -0.2) is 0 Å². The van der Waals surface area contributed by atoms with Crippen LogP contribution in [-0.4, -0.2) is 0 Å². The fourth-order valence-electron chi connectivity index (χ4n) is 7.77. The van der Waals surface area contributed by atoms with Gasteiger partial charge in [0, 0.05) is 33.2 Å². The molecule has 3 atom stereocenters. The van der Waals surface area contributed by atoms with Crippen molar-refractivity contribution in [3.05, 3.63) is 181 Å². The smallest absolute Gasteiger partial charge is 0.135 e. The molecular formula is C46H34N2O2. The summed E-state index contributed by atoms with van der Waals surface area (Å²) in [6.45, 7) is 0. The van der Waals surface area contributed by atoms with Gasteiger partial charge in [-0.2, -0.15) is 0 Å². The SMILES string of the molecule is C1=CCC(C2=CC(c3ccc(-c4ccc5oc6ccccc6c5c4)cc3-c3ccc4oc5ccccc5c4c3)NC(c3ccccc3)N2)C=C1. The largest absolute Gasteiger partial charge is 0.456 e. The molecule has 0 spiro atoms. The molecule has 1 aliphatic carbocycles. The zero-order valence-corrected chi connectivity index (χ0v) is 27.3. The molecule has 0 bridgehead atoms. The van der Waals surface area contributed by atoms with Crippen LogP contribution in [0.4, 0.5) is 0 Å². The molecule has 2 N–H and O–H groups in total. The number of hydrogen-bond donors (Lipinski definition) is 2. The summed E-state index contributed by atoms with van der Waals surface area (Å²) in [6, 6.07) is 47.3. The Morgan fingerprint density at radius 2 is 1.16 bits per heavy atom. The number of benzene rings is 6. The third-order valence-corrected chi connectivity index (χ3v) is 10.3. The summed E-state index contributed by atoms with van der Waals surface area (Å²) in [4.78, 5) is 0. The summed E-state index contributed by atoms with van der Waals surface area (Å²) in [6.07, 6.45) is 12.2. The van der Waals surface area contributed by atoms with E-state index in [0.29, 0.717) is 5.92 Å². The van der Waals surface area contributed by atoms with E-state index in [2.05, 4.69) is 150 Å². The molecule has 10 rings (SSSR count). The van der Waals surface area contributed by atoms with Crippen LogP contribution in [0, 0.1) is 5.92 Å². The van der Waals surface area contributed by atoms with Gasteiger partial charge in [0.15, 0.2) is 0 Å². The molecule has 0 radical (unpaired) electrons. The van der Waals surface area contributed by atoms with E-state index in [1.54, 1.807) is 0 Å². The van der Waals surface area contributed by atoms with Crippen molar-refractivity contribution < 1.29 is 8.83 Å². The van der Waals surface area contributed by atoms with Gasteiger partial charge < -0.3 is 14.2 Å². The maximum atomic E-state index is 6.24. The van der Waals surface area contributed by atoms with Gasteiger partial charge in [0.1, 0.15) is 28.5 Å². The van der Waals surface area contributed by atoms with E-state index >= 15 is 0 Å². The van der Waals surface area contributed by atoms with Crippen LogP contribution in [0.2, 0.25) is 0 Å². The summed E-state index contributed by atoms with van der Waals surface area (Å²) < 4.78 is 12.4. The molecule has 240 valence electrons. The Morgan fingerprint density at radius 3 is 1.88 bits per heavy atom. The fraction of sp³-hybridized carbons (Fsp3) is 0.0870. The second-order valence-electron chi connectivity index (χ2n) is 13.3. The molecule has 0 amide bonds. The predicted octanol–water partition coefficient (Wildman–Crippen LogP) is 11.8. The van der Waals surface area contributed by atoms with Gasteiger partial charge in [0.05, 0.1) is 6.04 Å². The normalized spacial score (nSPS) is 19.0. The van der Waals surface area contributed by atoms with Gasteiger partial charge in [-0.05, 0) is 88.3 Å². The zero-order chi connectivity index (χ0) is 33.0. The van der Waals surface area contributed by atoms with Gasteiger partial charge in [-0.15, -0.1) is 0 Å². The van der Waals surface area contributed by atoms with E-state index in [4.69, 9.17) is 8.83 Å². The Labute approximate surface area is 290 Å². The molecule has 4 heteroatoms. The number of rotatable bonds is 5. The van der Waals surface area contributed by atoms with E-state index in [9.17, 15) is 0 Å². The number of furan rings is 2. The molecule has 1 aliphatic heterocycles. The van der Waals surface area contributed by atoms with Crippen molar-refractivity contribution in [3.63, 3.8) is 0 Å². The van der Waals surface area contributed by atoms with Crippen molar-refractivity contribution in [2.24, 2.45) is 5.92 Å². The van der Waals surface area contributed by atoms with E-state index < -0.39 is 0 Å². The standard InChI is InChI=1S/C46H34N2O2/c1-3-11-29(12-4-1)40-28-41(48-46(47-40)30-13-5-2-6-14-30)34-22-19-31(32-20-23-44-38(26-32)35-15-7-9-17-42(35)49-44)25-37(34)33-21-24-45-39(27-33)36-16-8-10-18-43(36)50-45/h1-11,13-29,41,46-48H,12H2. The van der Waals surface area contributed by atoms with E-state index in [1.807, 2.05) is 24.3 Å². The van der Waals surface area contributed by atoms with Gasteiger partial charge in [0.25, 0.3) is 0 Å². The van der Waals surface area contributed by atoms with Crippen LogP contribution < -0.4 is 10.6 Å². The molecule has 0 saturated carbocycles. The highest BCUT2D eigenvalue weighted by molar-refractivity contribution is 6.07. The summed E-state index contributed by atoms with van der Waals surface area (Å²) >= 11 is 0. The first-order chi connectivity index (χ1) is 24.7. The van der Waals surface area contributed by atoms with Crippen molar-refractivity contribution >= 4 is 43.9 Å². The first kappa shape index (κ1) is 28.9. The van der Waals surface area contributed by atoms with Crippen molar-refractivity contribution in [1.29, 1.82) is 0 Å². The first-order valence-corrected chi connectivity index (χ1v) is 17.3. The molecule has 0 fully saturated rings. The molecular weight excluding hydrogens is 613 g/mol. The van der Waals surface area contributed by atoms with Gasteiger partial charge in [0.2, 0.25) is 0 Å². The number of allylic oxidation sites excluding steroid dienone is 4. The Balaban J connectivity index is 1.16. The van der Waals surface area contributed by atoms with E-state index in [0.717, 1.165) is 67.0 Å². The molecule has 2 aromatic heterocycles. The van der Waals surface area contributed by atoms with Crippen LogP contribution in [0.15, 0.2) is 178 Å². The third-order valence-electron chi connectivity index (χ3n) is 10.3. The lowest BCUT2D eigenvalue weighted by molar-refractivity contribution is 0.396. The zero-order valence-electron chi connectivity index (χ0n) is 27.3. The number of hydrogen-bond acceptors (Lipinski definition) is 4. The van der Waals surface area contributed by atoms with E-state index in [-0.39, 0.29) is 12.2 Å². The van der Waals surface area contributed by atoms with Crippen molar-refractivity contribution in [2.75, 3.05) is 0 Å². The topological polar surface area (TPSA) is 50.3 Å². The fourth-order valence-corrected chi connectivity index (χ4v) is 7.77. The average Bonchev–Trinajstić information content (AvgIpc) is 3.76. The van der Waals surface area contributed by atoms with Crippen LogP contribution in [0.3, 0.4) is 0 Å². The molecule has 3 unspecified atom stereocenters. The van der Waals surface area contributed by atoms with Crippen molar-refractivity contribution in [2.45, 2.75) is 18.6 Å². The minimum absolute atomic E-state index is 0.0306. The number of nitrogens with one attached hydrogen (secondary N) is 2. The van der Waals surface area contributed by atoms with Crippen molar-refractivity contribution in [3.8, 4) is 22.3 Å². The Hall–Kier alpha value is -6.10. The van der Waals surface area contributed by atoms with Crippen LogP contribution in [0.5, 0.6) is 0 Å². The highest BCUT2D eigenvalue weighted by Gasteiger charge is 2.28. The lowest BCUT2D eigenvalue weighted by Crippen LogP contribution is -2.42. The molecule has 8 aromatic rings. The summed E-state index contributed by atoms with van der Waals surface area (Å²) in [5.41, 5.74) is 12.0. The second-order valence-corrected chi connectivity index (χ2v) is 13.3. The highest BCUT2D eigenvalue weighted by atomic mass is 16.3. The van der Waals surface area contributed by atoms with Gasteiger partial charge in [-0.1, -0.05) is 115 Å².